The molecule has 2 N–H and O–H groups in total. The predicted molar refractivity (Wildman–Crippen MR) is 78.4 cm³/mol. The van der Waals surface area contributed by atoms with E-state index in [-0.39, 0.29) is 18.4 Å². The molecule has 1 aromatic carbocycles. The Morgan fingerprint density at radius 2 is 2.05 bits per heavy atom. The lowest BCUT2D eigenvalue weighted by Gasteiger charge is -2.12. The summed E-state index contributed by atoms with van der Waals surface area (Å²) in [6, 6.07) is 7.36. The maximum absolute atomic E-state index is 12.1. The van der Waals surface area contributed by atoms with E-state index in [4.69, 9.17) is 5.11 Å². The Bertz CT molecular complexity index is 607. The zero-order chi connectivity index (χ0) is 14.4. The maximum atomic E-state index is 12.1. The Labute approximate surface area is 120 Å². The van der Waals surface area contributed by atoms with Crippen molar-refractivity contribution in [2.24, 2.45) is 0 Å². The number of rotatable bonds is 4. The van der Waals surface area contributed by atoms with E-state index in [1.165, 1.54) is 0 Å². The zero-order valence-corrected chi connectivity index (χ0v) is 12.1. The number of sulfonamides is 1. The van der Waals surface area contributed by atoms with Gasteiger partial charge >= 0.3 is 0 Å². The van der Waals surface area contributed by atoms with Crippen molar-refractivity contribution in [3.05, 3.63) is 35.4 Å². The molecule has 0 atom stereocenters. The highest BCUT2D eigenvalue weighted by atomic mass is 32.2. The summed E-state index contributed by atoms with van der Waals surface area (Å²) in [5.74, 6) is 5.39. The molecule has 5 heteroatoms. The summed E-state index contributed by atoms with van der Waals surface area (Å²) in [4.78, 5) is 0. The van der Waals surface area contributed by atoms with Gasteiger partial charge in [-0.3, -0.25) is 0 Å². The average Bonchev–Trinajstić information content (AvgIpc) is 2.98. The topological polar surface area (TPSA) is 66.4 Å². The van der Waals surface area contributed by atoms with E-state index in [2.05, 4.69) is 16.6 Å². The SMILES string of the molecule is O=S(=O)(NCc1cccc(C#CCO)c1)C1CCCC1. The second kappa shape index (κ2) is 6.89. The molecule has 1 aromatic rings. The molecule has 0 bridgehead atoms. The van der Waals surface area contributed by atoms with Gasteiger partial charge in [0.25, 0.3) is 0 Å². The minimum absolute atomic E-state index is 0.182. The first-order chi connectivity index (χ1) is 9.62. The average molecular weight is 293 g/mol. The highest BCUT2D eigenvalue weighted by molar-refractivity contribution is 7.90. The molecule has 0 aliphatic heterocycles. The van der Waals surface area contributed by atoms with Gasteiger partial charge in [-0.2, -0.15) is 0 Å². The number of nitrogens with one attached hydrogen (secondary N) is 1. The molecule has 1 fully saturated rings. The van der Waals surface area contributed by atoms with Crippen LogP contribution in [0.3, 0.4) is 0 Å². The van der Waals surface area contributed by atoms with Gasteiger partial charge in [0.05, 0.1) is 5.25 Å². The standard InChI is InChI=1S/C15H19NO3S/c17-10-4-7-13-5-3-6-14(11-13)12-16-20(18,19)15-8-1-2-9-15/h3,5-6,11,15-17H,1-2,8-10,12H2. The minimum Gasteiger partial charge on any atom is -0.384 e. The first-order valence-corrected chi connectivity index (χ1v) is 8.33. The lowest BCUT2D eigenvalue weighted by molar-refractivity contribution is 0.350. The van der Waals surface area contributed by atoms with Gasteiger partial charge in [0, 0.05) is 12.1 Å². The van der Waals surface area contributed by atoms with Gasteiger partial charge in [-0.1, -0.05) is 36.8 Å². The summed E-state index contributed by atoms with van der Waals surface area (Å²) in [7, 11) is -3.21. The third kappa shape index (κ3) is 4.07. The van der Waals surface area contributed by atoms with E-state index >= 15 is 0 Å². The van der Waals surface area contributed by atoms with Crippen LogP contribution in [0, 0.1) is 11.8 Å². The summed E-state index contributed by atoms with van der Waals surface area (Å²) < 4.78 is 26.9. The molecule has 20 heavy (non-hydrogen) atoms. The molecule has 0 spiro atoms. The highest BCUT2D eigenvalue weighted by Crippen LogP contribution is 2.24. The van der Waals surface area contributed by atoms with E-state index in [1.807, 2.05) is 24.3 Å². The molecule has 0 heterocycles. The van der Waals surface area contributed by atoms with Crippen LogP contribution in [0.1, 0.15) is 36.8 Å². The van der Waals surface area contributed by atoms with Crippen LogP contribution in [0.15, 0.2) is 24.3 Å². The molecule has 0 aromatic heterocycles. The summed E-state index contributed by atoms with van der Waals surface area (Å²) in [6.45, 7) is 0.103. The highest BCUT2D eigenvalue weighted by Gasteiger charge is 2.28. The largest absolute Gasteiger partial charge is 0.384 e. The van der Waals surface area contributed by atoms with Crippen LogP contribution in [0.2, 0.25) is 0 Å². The van der Waals surface area contributed by atoms with Crippen LogP contribution in [0.25, 0.3) is 0 Å². The van der Waals surface area contributed by atoms with Gasteiger partial charge < -0.3 is 5.11 Å². The first-order valence-electron chi connectivity index (χ1n) is 6.79. The molecule has 0 amide bonds. The number of aliphatic hydroxyl groups excluding tert-OH is 1. The van der Waals surface area contributed by atoms with Crippen molar-refractivity contribution in [1.29, 1.82) is 0 Å². The molecule has 1 aliphatic rings. The number of benzene rings is 1. The van der Waals surface area contributed by atoms with E-state index in [9.17, 15) is 8.42 Å². The second-order valence-electron chi connectivity index (χ2n) is 4.93. The number of hydrogen-bond acceptors (Lipinski definition) is 3. The monoisotopic (exact) mass is 293 g/mol. The molecule has 2 rings (SSSR count). The van der Waals surface area contributed by atoms with Crippen molar-refractivity contribution in [3.8, 4) is 11.8 Å². The van der Waals surface area contributed by atoms with Gasteiger partial charge in [0.15, 0.2) is 0 Å². The van der Waals surface area contributed by atoms with Crippen molar-refractivity contribution >= 4 is 10.0 Å². The Balaban J connectivity index is 2.00. The van der Waals surface area contributed by atoms with Crippen LogP contribution < -0.4 is 4.72 Å². The molecule has 1 saturated carbocycles. The van der Waals surface area contributed by atoms with Gasteiger partial charge in [0.2, 0.25) is 10.0 Å². The summed E-state index contributed by atoms with van der Waals surface area (Å²) >= 11 is 0. The first kappa shape index (κ1) is 15.0. The van der Waals surface area contributed by atoms with Crippen molar-refractivity contribution in [1.82, 2.24) is 4.72 Å². The fraction of sp³-hybridized carbons (Fsp3) is 0.467. The van der Waals surface area contributed by atoms with Crippen molar-refractivity contribution in [2.75, 3.05) is 6.61 Å². The number of hydrogen-bond donors (Lipinski definition) is 2. The molecule has 1 aliphatic carbocycles. The smallest absolute Gasteiger partial charge is 0.214 e. The predicted octanol–water partition coefficient (Wildman–Crippen LogP) is 1.39. The van der Waals surface area contributed by atoms with Crippen LogP contribution >= 0.6 is 0 Å². The quantitative estimate of drug-likeness (QED) is 0.825. The molecular weight excluding hydrogens is 274 g/mol. The minimum atomic E-state index is -3.21. The molecule has 0 radical (unpaired) electrons. The second-order valence-corrected chi connectivity index (χ2v) is 6.98. The third-order valence-corrected chi connectivity index (χ3v) is 5.35. The fourth-order valence-corrected chi connectivity index (χ4v) is 3.96. The molecule has 108 valence electrons. The Kier molecular flexibility index (Phi) is 5.18. The van der Waals surface area contributed by atoms with Gasteiger partial charge in [-0.25, -0.2) is 13.1 Å². The molecular formula is C15H19NO3S. The van der Waals surface area contributed by atoms with Crippen molar-refractivity contribution < 1.29 is 13.5 Å². The normalized spacial score (nSPS) is 15.8. The summed E-state index contributed by atoms with van der Waals surface area (Å²) in [6.07, 6.45) is 3.52. The Morgan fingerprint density at radius 3 is 2.75 bits per heavy atom. The van der Waals surface area contributed by atoms with Crippen LogP contribution in [-0.4, -0.2) is 25.4 Å². The van der Waals surface area contributed by atoms with E-state index < -0.39 is 10.0 Å². The maximum Gasteiger partial charge on any atom is 0.214 e. The lowest BCUT2D eigenvalue weighted by Crippen LogP contribution is -2.32. The van der Waals surface area contributed by atoms with Crippen LogP contribution in [-0.2, 0) is 16.6 Å². The Hall–Kier alpha value is -1.35. The van der Waals surface area contributed by atoms with Crippen molar-refractivity contribution in [2.45, 2.75) is 37.5 Å². The van der Waals surface area contributed by atoms with Gasteiger partial charge in [-0.05, 0) is 30.5 Å². The lowest BCUT2D eigenvalue weighted by atomic mass is 10.1. The number of aliphatic hydroxyl groups is 1. The fourth-order valence-electron chi connectivity index (χ4n) is 2.40. The summed E-state index contributed by atoms with van der Waals surface area (Å²) in [5, 5.41) is 8.43. The third-order valence-electron chi connectivity index (χ3n) is 3.46. The van der Waals surface area contributed by atoms with E-state index in [0.29, 0.717) is 0 Å². The van der Waals surface area contributed by atoms with E-state index in [0.717, 1.165) is 36.8 Å². The van der Waals surface area contributed by atoms with Gasteiger partial charge in [0.1, 0.15) is 6.61 Å². The van der Waals surface area contributed by atoms with Crippen molar-refractivity contribution in [3.63, 3.8) is 0 Å². The summed E-state index contributed by atoms with van der Waals surface area (Å²) in [5.41, 5.74) is 1.65. The van der Waals surface area contributed by atoms with E-state index in [1.54, 1.807) is 0 Å². The molecule has 0 unspecified atom stereocenters. The van der Waals surface area contributed by atoms with Gasteiger partial charge in [-0.15, -0.1) is 0 Å². The molecule has 0 saturated heterocycles. The Morgan fingerprint density at radius 1 is 1.30 bits per heavy atom. The van der Waals surface area contributed by atoms with Crippen LogP contribution in [0.4, 0.5) is 0 Å². The van der Waals surface area contributed by atoms with Crippen LogP contribution in [0.5, 0.6) is 0 Å². The molecule has 4 nitrogen and oxygen atoms in total. The zero-order valence-electron chi connectivity index (χ0n) is 11.3.